The zero-order valence-electron chi connectivity index (χ0n) is 43.8. The molecule has 1 fully saturated rings. The summed E-state index contributed by atoms with van der Waals surface area (Å²) in [6.45, 7) is 13.7. The van der Waals surface area contributed by atoms with E-state index in [1.54, 1.807) is 39.0 Å². The highest BCUT2D eigenvalue weighted by Crippen LogP contribution is 2.35. The van der Waals surface area contributed by atoms with E-state index in [0.717, 1.165) is 30.0 Å². The Kier molecular flexibility index (Phi) is 20.4. The molecule has 4 heterocycles. The monoisotopic (exact) mass is 1090 g/mol. The third kappa shape index (κ3) is 19.3. The highest BCUT2D eigenvalue weighted by atomic mass is 31.2. The summed E-state index contributed by atoms with van der Waals surface area (Å²) in [6, 6.07) is 27.2. The van der Waals surface area contributed by atoms with Crippen molar-refractivity contribution in [3.8, 4) is 0 Å². The van der Waals surface area contributed by atoms with E-state index in [1.807, 2.05) is 73.7 Å². The number of benzene rings is 2. The van der Waals surface area contributed by atoms with Gasteiger partial charge in [0.25, 0.3) is 0 Å². The molecule has 1 saturated heterocycles. The fourth-order valence-electron chi connectivity index (χ4n) is 8.40. The van der Waals surface area contributed by atoms with Crippen molar-refractivity contribution >= 4 is 56.4 Å². The first-order chi connectivity index (χ1) is 35.3. The molecule has 6 rings (SSSR count). The second kappa shape index (κ2) is 26.1. The number of nitrogens with one attached hydrogen (secondary N) is 1. The number of pyridine rings is 3. The van der Waals surface area contributed by atoms with E-state index in [-0.39, 0.29) is 66.3 Å². The number of rotatable bonds is 20. The summed E-state index contributed by atoms with van der Waals surface area (Å²) in [4.78, 5) is 92.4. The molecule has 0 saturated carbocycles. The summed E-state index contributed by atoms with van der Waals surface area (Å²) in [5, 5.41) is 2.84. The Morgan fingerprint density at radius 2 is 1.08 bits per heavy atom. The Labute approximate surface area is 439 Å². The van der Waals surface area contributed by atoms with E-state index in [2.05, 4.69) is 35.0 Å². The van der Waals surface area contributed by atoms with Crippen molar-refractivity contribution in [2.45, 2.75) is 91.4 Å². The summed E-state index contributed by atoms with van der Waals surface area (Å²) >= 11 is 0. The van der Waals surface area contributed by atoms with E-state index in [4.69, 9.17) is 14.2 Å². The minimum atomic E-state index is -4.00. The summed E-state index contributed by atoms with van der Waals surface area (Å²) in [5.41, 5.74) is 2.77. The first kappa shape index (κ1) is 58.8. The van der Waals surface area contributed by atoms with Crippen LogP contribution in [0.15, 0.2) is 97.1 Å². The molecule has 75 heavy (non-hydrogen) atoms. The summed E-state index contributed by atoms with van der Waals surface area (Å²) in [7, 11) is -11.7. The van der Waals surface area contributed by atoms with Gasteiger partial charge in [0.2, 0.25) is 22.1 Å². The number of unbranched alkanes of at least 4 members (excludes halogenated alkanes) is 1. The molecule has 19 nitrogen and oxygen atoms in total. The van der Waals surface area contributed by atoms with Gasteiger partial charge < -0.3 is 34.2 Å². The third-order valence-corrected chi connectivity index (χ3v) is 15.3. The van der Waals surface area contributed by atoms with Gasteiger partial charge in [-0.05, 0) is 93.6 Å². The summed E-state index contributed by atoms with van der Waals surface area (Å²) in [6.07, 6.45) is 1.36. The summed E-state index contributed by atoms with van der Waals surface area (Å²) < 4.78 is 56.2. The second-order valence-corrected chi connectivity index (χ2v) is 26.9. The van der Waals surface area contributed by atoms with E-state index in [0.29, 0.717) is 75.6 Å². The van der Waals surface area contributed by atoms with Gasteiger partial charge >= 0.3 is 18.0 Å². The molecule has 1 aliphatic heterocycles. The van der Waals surface area contributed by atoms with Crippen molar-refractivity contribution in [2.24, 2.45) is 0 Å². The lowest BCUT2D eigenvalue weighted by atomic mass is 10.1. The average molecular weight is 1090 g/mol. The van der Waals surface area contributed by atoms with Crippen LogP contribution in [0.1, 0.15) is 94.5 Å². The molecule has 5 aromatic rings. The average Bonchev–Trinajstić information content (AvgIpc) is 3.40. The minimum absolute atomic E-state index is 0.0115. The Hall–Kier alpha value is -5.45. The van der Waals surface area contributed by atoms with Crippen molar-refractivity contribution < 1.29 is 57.0 Å². The number of carbonyl (C=O) groups is 3. The van der Waals surface area contributed by atoms with Gasteiger partial charge in [0.1, 0.15) is 35.1 Å². The van der Waals surface area contributed by atoms with Crippen LogP contribution in [0.25, 0.3) is 0 Å². The highest BCUT2D eigenvalue weighted by Gasteiger charge is 2.29. The number of amides is 1. The van der Waals surface area contributed by atoms with Gasteiger partial charge in [-0.2, -0.15) is 0 Å². The predicted molar refractivity (Wildman–Crippen MR) is 288 cm³/mol. The number of aryl methyl sites for hydroxylation is 1. The van der Waals surface area contributed by atoms with Gasteiger partial charge in [-0.25, -0.2) is 29.3 Å². The van der Waals surface area contributed by atoms with E-state index >= 15 is 0 Å². The van der Waals surface area contributed by atoms with Gasteiger partial charge in [-0.3, -0.25) is 28.4 Å². The van der Waals surface area contributed by atoms with Crippen molar-refractivity contribution in [1.82, 2.24) is 35.0 Å². The lowest BCUT2D eigenvalue weighted by Gasteiger charge is -2.35. The van der Waals surface area contributed by atoms with Crippen LogP contribution in [-0.4, -0.2) is 133 Å². The molecule has 404 valence electrons. The predicted octanol–water partition coefficient (Wildman–Crippen LogP) is 6.35. The van der Waals surface area contributed by atoms with Gasteiger partial charge in [-0.15, -0.1) is 0 Å². The topological polar surface area (TPSA) is 251 Å². The number of hydrogen-bond donors (Lipinski definition) is 4. The van der Waals surface area contributed by atoms with E-state index in [9.17, 15) is 42.8 Å². The maximum atomic E-state index is 13.6. The molecule has 4 atom stereocenters. The summed E-state index contributed by atoms with van der Waals surface area (Å²) in [5.74, 6) is -1.38. The number of esters is 2. The normalized spacial score (nSPS) is 17.5. The van der Waals surface area contributed by atoms with Crippen LogP contribution in [-0.2, 0) is 60.8 Å². The molecule has 3 unspecified atom stereocenters. The standard InChI is InChI=1S/C53H70N7O12P3/c1-38-26-43(55-47(27-38)73(5,64)65)34-60-25-24-58(32-44-28-41(30-48(56-44)74(6,66)67)50(61)70-36-39-16-10-8-11-17-39)22-23-59(35-46(60)20-14-15-21-54-52(63)72-53(2,3)4)33-45-29-42(31-49(57-45)75(7,68)69)51(62)71-37-40-18-12-9-13-19-40/h8-13,16-19,26-31,46H,14-15,20-25,32-37H2,1-7H3,(H,54,63)(H,64,65)(H,66,67)(H,68,69)/t46-/m0/s1. The quantitative estimate of drug-likeness (QED) is 0.0287. The van der Waals surface area contributed by atoms with Crippen LogP contribution in [0.3, 0.4) is 0 Å². The lowest BCUT2D eigenvalue weighted by Crippen LogP contribution is -2.45. The maximum Gasteiger partial charge on any atom is 0.407 e. The van der Waals surface area contributed by atoms with Crippen LogP contribution in [0, 0.1) is 6.92 Å². The van der Waals surface area contributed by atoms with Crippen molar-refractivity contribution in [3.63, 3.8) is 0 Å². The number of nitrogens with zero attached hydrogens (tertiary/aromatic N) is 6. The maximum absolute atomic E-state index is 13.6. The van der Waals surface area contributed by atoms with E-state index < -0.39 is 45.7 Å². The van der Waals surface area contributed by atoms with Crippen LogP contribution < -0.4 is 21.6 Å². The smallest absolute Gasteiger partial charge is 0.407 e. The zero-order valence-corrected chi connectivity index (χ0v) is 46.4. The third-order valence-electron chi connectivity index (χ3n) is 12.1. The molecule has 22 heteroatoms. The highest BCUT2D eigenvalue weighted by molar-refractivity contribution is 7.65. The van der Waals surface area contributed by atoms with Gasteiger partial charge in [0, 0.05) is 84.9 Å². The number of ether oxygens (including phenoxy) is 3. The lowest BCUT2D eigenvalue weighted by molar-refractivity contribution is 0.0463. The molecule has 0 spiro atoms. The van der Waals surface area contributed by atoms with Crippen LogP contribution >= 0.6 is 22.1 Å². The fourth-order valence-corrected chi connectivity index (χ4v) is 10.5. The Balaban J connectivity index is 1.37. The molecule has 3 aromatic heterocycles. The van der Waals surface area contributed by atoms with Crippen LogP contribution in [0.2, 0.25) is 0 Å². The molecular formula is C53H70N7O12P3. The molecular weight excluding hydrogens is 1020 g/mol. The zero-order chi connectivity index (χ0) is 54.6. The van der Waals surface area contributed by atoms with Gasteiger partial charge in [0.05, 0.1) is 28.2 Å². The largest absolute Gasteiger partial charge is 0.457 e. The molecule has 1 amide bonds. The fraction of sp³-hybridized carbons (Fsp3) is 0.434. The molecule has 1 aliphatic rings. The van der Waals surface area contributed by atoms with Crippen molar-refractivity contribution in [3.05, 3.63) is 142 Å². The van der Waals surface area contributed by atoms with Crippen LogP contribution in [0.5, 0.6) is 0 Å². The van der Waals surface area contributed by atoms with Gasteiger partial charge in [0.15, 0.2) is 0 Å². The SMILES string of the molecule is Cc1cc(CN2CCN(Cc3cc(C(=O)OCc4ccccc4)cc(P(C)(=O)O)n3)CCN(Cc3cc(C(=O)OCc4ccccc4)cc(P(C)(=O)O)n3)C[C@@H]2CCCCNC(=O)OC(C)(C)C)nc(P(C)(=O)O)c1. The number of alkyl carbamates (subject to hydrolysis) is 1. The molecule has 2 aromatic carbocycles. The Morgan fingerprint density at radius 1 is 0.627 bits per heavy atom. The Bertz CT molecular complexity index is 2910. The molecule has 0 aliphatic carbocycles. The van der Waals surface area contributed by atoms with Crippen molar-refractivity contribution in [2.75, 3.05) is 59.3 Å². The van der Waals surface area contributed by atoms with Gasteiger partial charge in [-0.1, -0.05) is 67.1 Å². The second-order valence-electron chi connectivity index (χ2n) is 20.2. The first-order valence-corrected chi connectivity index (χ1v) is 31.1. The minimum Gasteiger partial charge on any atom is -0.457 e. The molecule has 4 N–H and O–H groups in total. The van der Waals surface area contributed by atoms with Crippen LogP contribution in [0.4, 0.5) is 4.79 Å². The first-order valence-electron chi connectivity index (χ1n) is 24.8. The molecule has 0 radical (unpaired) electrons. The van der Waals surface area contributed by atoms with E-state index in [1.165, 1.54) is 18.8 Å². The number of carbonyl (C=O) groups excluding carboxylic acids is 3. The molecule has 0 bridgehead atoms. The number of hydrogen-bond acceptors (Lipinski definition) is 15. The van der Waals surface area contributed by atoms with Crippen molar-refractivity contribution in [1.29, 1.82) is 0 Å². The number of aromatic nitrogens is 3. The Morgan fingerprint density at radius 3 is 1.57 bits per heavy atom.